The average molecular weight is 391 g/mol. The molecule has 0 spiro atoms. The zero-order valence-electron chi connectivity index (χ0n) is 18.1. The van der Waals surface area contributed by atoms with Crippen LogP contribution in [0.3, 0.4) is 0 Å². The lowest BCUT2D eigenvalue weighted by Crippen LogP contribution is -2.57. The highest BCUT2D eigenvalue weighted by Crippen LogP contribution is 2.21. The fourth-order valence-electron chi connectivity index (χ4n) is 4.00. The third-order valence-electron chi connectivity index (χ3n) is 6.23. The molecule has 2 aliphatic rings. The molecule has 6 nitrogen and oxygen atoms in total. The number of nitrogens with zero attached hydrogens (tertiary/aromatic N) is 4. The topological polar surface area (TPSA) is 42.4 Å². The van der Waals surface area contributed by atoms with Crippen molar-refractivity contribution in [2.75, 3.05) is 73.1 Å². The second-order valence-corrected chi connectivity index (χ2v) is 9.16. The molecule has 28 heavy (non-hydrogen) atoms. The molecule has 1 aromatic carbocycles. The molecule has 1 unspecified atom stereocenters. The van der Waals surface area contributed by atoms with E-state index in [4.69, 9.17) is 4.74 Å². The van der Waals surface area contributed by atoms with Crippen molar-refractivity contribution < 1.29 is 9.84 Å². The van der Waals surface area contributed by atoms with E-state index in [-0.39, 0.29) is 5.54 Å². The van der Waals surface area contributed by atoms with E-state index >= 15 is 0 Å². The normalized spacial score (nSPS) is 23.6. The molecule has 2 fully saturated rings. The van der Waals surface area contributed by atoms with Crippen LogP contribution in [0.4, 0.5) is 0 Å². The average Bonchev–Trinajstić information content (AvgIpc) is 2.66. The van der Waals surface area contributed by atoms with Crippen LogP contribution >= 0.6 is 0 Å². The summed E-state index contributed by atoms with van der Waals surface area (Å²) < 4.78 is 5.82. The molecule has 3 rings (SSSR count). The molecule has 0 bridgehead atoms. The van der Waals surface area contributed by atoms with Crippen molar-refractivity contribution in [1.82, 2.24) is 19.6 Å². The van der Waals surface area contributed by atoms with Gasteiger partial charge in [-0.25, -0.2) is 0 Å². The first-order chi connectivity index (χ1) is 13.3. The van der Waals surface area contributed by atoms with Crippen LogP contribution in [0, 0.1) is 0 Å². The predicted octanol–water partition coefficient (Wildman–Crippen LogP) is 1.20. The Morgan fingerprint density at radius 3 is 2.25 bits per heavy atom. The van der Waals surface area contributed by atoms with Crippen LogP contribution in [0.2, 0.25) is 0 Å². The number of hydrogen-bond donors (Lipinski definition) is 1. The van der Waals surface area contributed by atoms with Gasteiger partial charge in [-0.15, -0.1) is 0 Å². The molecular formula is C22H38N4O2. The molecule has 0 saturated carbocycles. The number of ether oxygens (including phenoxy) is 1. The molecule has 2 heterocycles. The van der Waals surface area contributed by atoms with E-state index in [1.807, 2.05) is 12.1 Å². The van der Waals surface area contributed by atoms with E-state index in [0.717, 1.165) is 58.1 Å². The van der Waals surface area contributed by atoms with Gasteiger partial charge in [0.1, 0.15) is 18.5 Å². The van der Waals surface area contributed by atoms with Crippen molar-refractivity contribution in [3.05, 3.63) is 29.8 Å². The molecule has 0 amide bonds. The van der Waals surface area contributed by atoms with Crippen LogP contribution in [0.15, 0.2) is 24.3 Å². The van der Waals surface area contributed by atoms with E-state index in [1.165, 1.54) is 5.56 Å². The van der Waals surface area contributed by atoms with E-state index in [1.54, 1.807) is 0 Å². The van der Waals surface area contributed by atoms with Gasteiger partial charge in [0, 0.05) is 64.4 Å². The maximum absolute atomic E-state index is 10.3. The van der Waals surface area contributed by atoms with E-state index in [9.17, 15) is 5.11 Å². The van der Waals surface area contributed by atoms with Gasteiger partial charge in [-0.3, -0.25) is 14.7 Å². The Morgan fingerprint density at radius 1 is 0.964 bits per heavy atom. The van der Waals surface area contributed by atoms with Gasteiger partial charge < -0.3 is 14.7 Å². The monoisotopic (exact) mass is 390 g/mol. The summed E-state index contributed by atoms with van der Waals surface area (Å²) in [5, 5.41) is 10.3. The maximum atomic E-state index is 10.3. The second kappa shape index (κ2) is 9.55. The lowest BCUT2D eigenvalue weighted by molar-refractivity contribution is 0.0360. The number of aliphatic hydroxyl groups excluding tert-OH is 1. The SMILES string of the molecule is CN1CCN(CC(O)COc2ccc(CN3CCN(C)C(C)(C)C3)cc2)CC1. The predicted molar refractivity (Wildman–Crippen MR) is 114 cm³/mol. The molecule has 1 atom stereocenters. The maximum Gasteiger partial charge on any atom is 0.119 e. The van der Waals surface area contributed by atoms with Crippen molar-refractivity contribution >= 4 is 0 Å². The van der Waals surface area contributed by atoms with Gasteiger partial charge in [0.15, 0.2) is 0 Å². The standard InChI is InChI=1S/C22H38N4O2/c1-22(2)18-26(14-11-24(22)4)15-19-5-7-21(8-6-19)28-17-20(27)16-25-12-9-23(3)10-13-25/h5-8,20,27H,9-18H2,1-4H3. The highest BCUT2D eigenvalue weighted by Gasteiger charge is 2.30. The first kappa shape index (κ1) is 21.5. The van der Waals surface area contributed by atoms with Crippen molar-refractivity contribution in [3.63, 3.8) is 0 Å². The Morgan fingerprint density at radius 2 is 1.61 bits per heavy atom. The van der Waals surface area contributed by atoms with Gasteiger partial charge in [0.05, 0.1) is 0 Å². The highest BCUT2D eigenvalue weighted by molar-refractivity contribution is 5.27. The fraction of sp³-hybridized carbons (Fsp3) is 0.727. The first-order valence-electron chi connectivity index (χ1n) is 10.6. The zero-order valence-corrected chi connectivity index (χ0v) is 18.1. The quantitative estimate of drug-likeness (QED) is 0.755. The minimum Gasteiger partial charge on any atom is -0.491 e. The molecule has 1 aromatic rings. The van der Waals surface area contributed by atoms with Gasteiger partial charge >= 0.3 is 0 Å². The Labute approximate surface area is 170 Å². The number of likely N-dealkylation sites (N-methyl/N-ethyl adjacent to an activating group) is 2. The molecule has 6 heteroatoms. The Hall–Kier alpha value is -1.18. The van der Waals surface area contributed by atoms with Gasteiger partial charge in [0.25, 0.3) is 0 Å². The minimum atomic E-state index is -0.448. The van der Waals surface area contributed by atoms with Crippen molar-refractivity contribution in [2.45, 2.75) is 32.0 Å². The number of hydrogen-bond acceptors (Lipinski definition) is 6. The van der Waals surface area contributed by atoms with Crippen LogP contribution in [-0.2, 0) is 6.54 Å². The zero-order chi connectivity index (χ0) is 20.1. The van der Waals surface area contributed by atoms with Gasteiger partial charge in [-0.1, -0.05) is 12.1 Å². The summed E-state index contributed by atoms with van der Waals surface area (Å²) in [4.78, 5) is 9.60. The molecular weight excluding hydrogens is 352 g/mol. The van der Waals surface area contributed by atoms with Crippen LogP contribution in [0.25, 0.3) is 0 Å². The van der Waals surface area contributed by atoms with E-state index in [2.05, 4.69) is 59.7 Å². The lowest BCUT2D eigenvalue weighted by atomic mass is 9.99. The number of β-amino-alcohol motifs (C(OH)–C–C–N with tert-alkyl or cyclic N) is 1. The summed E-state index contributed by atoms with van der Waals surface area (Å²) in [5.74, 6) is 0.833. The Bertz CT molecular complexity index is 599. The highest BCUT2D eigenvalue weighted by atomic mass is 16.5. The summed E-state index contributed by atoms with van der Waals surface area (Å²) in [5.41, 5.74) is 1.53. The van der Waals surface area contributed by atoms with Crippen molar-refractivity contribution in [2.24, 2.45) is 0 Å². The fourth-order valence-corrected chi connectivity index (χ4v) is 4.00. The summed E-state index contributed by atoms with van der Waals surface area (Å²) in [6, 6.07) is 8.35. The summed E-state index contributed by atoms with van der Waals surface area (Å²) in [7, 11) is 4.35. The Kier molecular flexibility index (Phi) is 7.34. The van der Waals surface area contributed by atoms with Crippen LogP contribution < -0.4 is 4.74 Å². The van der Waals surface area contributed by atoms with Crippen molar-refractivity contribution in [1.29, 1.82) is 0 Å². The molecule has 0 aromatic heterocycles. The molecule has 158 valence electrons. The van der Waals surface area contributed by atoms with E-state index in [0.29, 0.717) is 13.2 Å². The number of benzene rings is 1. The molecule has 0 aliphatic carbocycles. The molecule has 2 aliphatic heterocycles. The summed E-state index contributed by atoms with van der Waals surface area (Å²) in [6.45, 7) is 14.1. The largest absolute Gasteiger partial charge is 0.491 e. The summed E-state index contributed by atoms with van der Waals surface area (Å²) >= 11 is 0. The third-order valence-corrected chi connectivity index (χ3v) is 6.23. The number of aliphatic hydroxyl groups is 1. The first-order valence-corrected chi connectivity index (χ1v) is 10.6. The minimum absolute atomic E-state index is 0.223. The van der Waals surface area contributed by atoms with Gasteiger partial charge in [0.2, 0.25) is 0 Å². The number of rotatable bonds is 7. The number of piperazine rings is 2. The smallest absolute Gasteiger partial charge is 0.119 e. The molecule has 0 radical (unpaired) electrons. The second-order valence-electron chi connectivity index (χ2n) is 9.16. The van der Waals surface area contributed by atoms with Crippen LogP contribution in [-0.4, -0.2) is 109 Å². The molecule has 1 N–H and O–H groups in total. The molecule has 2 saturated heterocycles. The van der Waals surface area contributed by atoms with Gasteiger partial charge in [-0.05, 0) is 45.6 Å². The van der Waals surface area contributed by atoms with Gasteiger partial charge in [-0.2, -0.15) is 0 Å². The van der Waals surface area contributed by atoms with Crippen LogP contribution in [0.5, 0.6) is 5.75 Å². The van der Waals surface area contributed by atoms with Crippen LogP contribution in [0.1, 0.15) is 19.4 Å². The summed E-state index contributed by atoms with van der Waals surface area (Å²) in [6.07, 6.45) is -0.448. The lowest BCUT2D eigenvalue weighted by Gasteiger charge is -2.45. The van der Waals surface area contributed by atoms with E-state index < -0.39 is 6.10 Å². The Balaban J connectivity index is 1.40. The van der Waals surface area contributed by atoms with Crippen molar-refractivity contribution in [3.8, 4) is 5.75 Å². The third kappa shape index (κ3) is 6.16.